The second kappa shape index (κ2) is 6.49. The first-order chi connectivity index (χ1) is 7.29. The topological polar surface area (TPSA) is 3.24 Å². The van der Waals surface area contributed by atoms with E-state index in [0.717, 1.165) is 6.42 Å². The lowest BCUT2D eigenvalue weighted by Gasteiger charge is -2.27. The number of allylic oxidation sites excluding steroid dienone is 5. The highest BCUT2D eigenvalue weighted by atomic mass is 15.1. The van der Waals surface area contributed by atoms with Gasteiger partial charge in [-0.25, -0.2) is 0 Å². The molecule has 1 heteroatoms. The van der Waals surface area contributed by atoms with E-state index >= 15 is 0 Å². The Labute approximate surface area is 94.2 Å². The Morgan fingerprint density at radius 3 is 2.47 bits per heavy atom. The Bertz CT molecular complexity index is 265. The van der Waals surface area contributed by atoms with Crippen molar-refractivity contribution in [2.45, 2.75) is 40.0 Å². The van der Waals surface area contributed by atoms with Crippen LogP contribution < -0.4 is 0 Å². The fourth-order valence-corrected chi connectivity index (χ4v) is 1.99. The highest BCUT2D eigenvalue weighted by Gasteiger charge is 2.09. The summed E-state index contributed by atoms with van der Waals surface area (Å²) in [5, 5.41) is 0. The standard InChI is InChI=1S/C14H23N/c1-4-11-15(12-5-2)14-10-8-6-7-9-13(14)3/h6-7,9-10H,4-5,8,11-12H2,1-3H3. The van der Waals surface area contributed by atoms with Crippen molar-refractivity contribution < 1.29 is 0 Å². The van der Waals surface area contributed by atoms with Crippen molar-refractivity contribution in [2.24, 2.45) is 0 Å². The Kier molecular flexibility index (Phi) is 5.23. The Morgan fingerprint density at radius 1 is 1.20 bits per heavy atom. The van der Waals surface area contributed by atoms with Gasteiger partial charge in [0.1, 0.15) is 0 Å². The van der Waals surface area contributed by atoms with Gasteiger partial charge in [0, 0.05) is 18.8 Å². The molecule has 1 aliphatic rings. The summed E-state index contributed by atoms with van der Waals surface area (Å²) >= 11 is 0. The summed E-state index contributed by atoms with van der Waals surface area (Å²) < 4.78 is 0. The van der Waals surface area contributed by atoms with E-state index in [9.17, 15) is 0 Å². The van der Waals surface area contributed by atoms with Crippen LogP contribution in [-0.2, 0) is 0 Å². The monoisotopic (exact) mass is 205 g/mol. The zero-order chi connectivity index (χ0) is 11.1. The van der Waals surface area contributed by atoms with Crippen LogP contribution in [0.25, 0.3) is 0 Å². The lowest BCUT2D eigenvalue weighted by Crippen LogP contribution is -2.25. The predicted octanol–water partition coefficient (Wildman–Crippen LogP) is 3.90. The molecule has 0 aromatic rings. The van der Waals surface area contributed by atoms with Crippen LogP contribution in [0.3, 0.4) is 0 Å². The quantitative estimate of drug-likeness (QED) is 0.658. The summed E-state index contributed by atoms with van der Waals surface area (Å²) in [6.07, 6.45) is 12.4. The van der Waals surface area contributed by atoms with E-state index in [-0.39, 0.29) is 0 Å². The van der Waals surface area contributed by atoms with Gasteiger partial charge >= 0.3 is 0 Å². The molecule has 0 aromatic heterocycles. The summed E-state index contributed by atoms with van der Waals surface area (Å²) in [7, 11) is 0. The van der Waals surface area contributed by atoms with Crippen molar-refractivity contribution in [1.29, 1.82) is 0 Å². The fraction of sp³-hybridized carbons (Fsp3) is 0.571. The maximum atomic E-state index is 2.51. The van der Waals surface area contributed by atoms with Gasteiger partial charge in [0.15, 0.2) is 0 Å². The first-order valence-electron chi connectivity index (χ1n) is 6.08. The number of rotatable bonds is 5. The normalized spacial score (nSPS) is 15.7. The molecule has 1 rings (SSSR count). The molecule has 84 valence electrons. The molecule has 0 atom stereocenters. The summed E-state index contributed by atoms with van der Waals surface area (Å²) in [5.74, 6) is 0. The van der Waals surface area contributed by atoms with E-state index in [4.69, 9.17) is 0 Å². The minimum atomic E-state index is 1.06. The molecule has 0 N–H and O–H groups in total. The zero-order valence-corrected chi connectivity index (χ0v) is 10.3. The van der Waals surface area contributed by atoms with E-state index in [1.807, 2.05) is 0 Å². The van der Waals surface area contributed by atoms with Crippen LogP contribution in [-0.4, -0.2) is 18.0 Å². The maximum absolute atomic E-state index is 2.51. The SMILES string of the molecule is CCCN(CCC)C1=CCC=CC=C1C. The van der Waals surface area contributed by atoms with Gasteiger partial charge in [0.25, 0.3) is 0 Å². The molecule has 1 aliphatic carbocycles. The average molecular weight is 205 g/mol. The second-order valence-electron chi connectivity index (χ2n) is 4.09. The van der Waals surface area contributed by atoms with E-state index in [1.165, 1.54) is 37.2 Å². The Morgan fingerprint density at radius 2 is 1.87 bits per heavy atom. The predicted molar refractivity (Wildman–Crippen MR) is 67.8 cm³/mol. The minimum Gasteiger partial charge on any atom is -0.372 e. The highest BCUT2D eigenvalue weighted by molar-refractivity contribution is 5.34. The Hall–Kier alpha value is -0.980. The van der Waals surface area contributed by atoms with Crippen molar-refractivity contribution in [2.75, 3.05) is 13.1 Å². The van der Waals surface area contributed by atoms with Crippen molar-refractivity contribution in [1.82, 2.24) is 4.90 Å². The molecule has 0 aliphatic heterocycles. The van der Waals surface area contributed by atoms with Gasteiger partial charge in [-0.1, -0.05) is 38.2 Å². The molecule has 0 unspecified atom stereocenters. The molecular weight excluding hydrogens is 182 g/mol. The van der Waals surface area contributed by atoms with Gasteiger partial charge in [-0.3, -0.25) is 0 Å². The molecule has 15 heavy (non-hydrogen) atoms. The zero-order valence-electron chi connectivity index (χ0n) is 10.3. The Balaban J connectivity index is 2.77. The third-order valence-corrected chi connectivity index (χ3v) is 2.66. The lowest BCUT2D eigenvalue weighted by atomic mass is 10.1. The first kappa shape index (κ1) is 12.1. The summed E-state index contributed by atoms with van der Waals surface area (Å²) in [4.78, 5) is 2.51. The van der Waals surface area contributed by atoms with Crippen molar-refractivity contribution >= 4 is 0 Å². The van der Waals surface area contributed by atoms with E-state index in [1.54, 1.807) is 0 Å². The van der Waals surface area contributed by atoms with Crippen molar-refractivity contribution in [3.8, 4) is 0 Å². The molecule has 0 spiro atoms. The van der Waals surface area contributed by atoms with Crippen LogP contribution in [0.15, 0.2) is 35.6 Å². The fourth-order valence-electron chi connectivity index (χ4n) is 1.99. The molecule has 0 saturated carbocycles. The molecule has 0 aromatic carbocycles. The lowest BCUT2D eigenvalue weighted by molar-refractivity contribution is 0.349. The molecule has 0 bridgehead atoms. The smallest absolute Gasteiger partial charge is 0.0358 e. The third kappa shape index (κ3) is 3.58. The number of hydrogen-bond donors (Lipinski definition) is 0. The molecule has 0 heterocycles. The van der Waals surface area contributed by atoms with Crippen LogP contribution in [0.4, 0.5) is 0 Å². The largest absolute Gasteiger partial charge is 0.372 e. The molecule has 0 radical (unpaired) electrons. The minimum absolute atomic E-state index is 1.06. The van der Waals surface area contributed by atoms with Gasteiger partial charge in [-0.05, 0) is 31.8 Å². The second-order valence-corrected chi connectivity index (χ2v) is 4.09. The van der Waals surface area contributed by atoms with Crippen LogP contribution in [0.1, 0.15) is 40.0 Å². The van der Waals surface area contributed by atoms with Crippen LogP contribution in [0.5, 0.6) is 0 Å². The van der Waals surface area contributed by atoms with Crippen molar-refractivity contribution in [3.05, 3.63) is 35.6 Å². The molecule has 0 saturated heterocycles. The van der Waals surface area contributed by atoms with E-state index in [2.05, 4.69) is 50.0 Å². The van der Waals surface area contributed by atoms with E-state index < -0.39 is 0 Å². The summed E-state index contributed by atoms with van der Waals surface area (Å²) in [5.41, 5.74) is 2.83. The number of hydrogen-bond acceptors (Lipinski definition) is 1. The summed E-state index contributed by atoms with van der Waals surface area (Å²) in [6, 6.07) is 0. The summed E-state index contributed by atoms with van der Waals surface area (Å²) in [6.45, 7) is 9.05. The average Bonchev–Trinajstić information content (AvgIpc) is 2.43. The van der Waals surface area contributed by atoms with E-state index in [0.29, 0.717) is 0 Å². The van der Waals surface area contributed by atoms with Gasteiger partial charge in [-0.15, -0.1) is 0 Å². The number of nitrogens with zero attached hydrogens (tertiary/aromatic N) is 1. The first-order valence-corrected chi connectivity index (χ1v) is 6.08. The maximum Gasteiger partial charge on any atom is 0.0358 e. The van der Waals surface area contributed by atoms with Gasteiger partial charge in [0.2, 0.25) is 0 Å². The third-order valence-electron chi connectivity index (χ3n) is 2.66. The van der Waals surface area contributed by atoms with Crippen LogP contribution in [0.2, 0.25) is 0 Å². The molecule has 0 fully saturated rings. The van der Waals surface area contributed by atoms with Crippen molar-refractivity contribution in [3.63, 3.8) is 0 Å². The van der Waals surface area contributed by atoms with Gasteiger partial charge in [-0.2, -0.15) is 0 Å². The molecular formula is C14H23N. The highest BCUT2D eigenvalue weighted by Crippen LogP contribution is 2.19. The molecule has 0 amide bonds. The molecule has 1 nitrogen and oxygen atoms in total. The van der Waals surface area contributed by atoms with Crippen LogP contribution in [0, 0.1) is 0 Å². The van der Waals surface area contributed by atoms with Gasteiger partial charge < -0.3 is 4.90 Å². The van der Waals surface area contributed by atoms with Crippen LogP contribution >= 0.6 is 0 Å². The van der Waals surface area contributed by atoms with Gasteiger partial charge in [0.05, 0.1) is 0 Å².